The van der Waals surface area contributed by atoms with Crippen molar-refractivity contribution < 1.29 is 4.79 Å². The molecule has 1 aromatic carbocycles. The number of amides is 1. The lowest BCUT2D eigenvalue weighted by molar-refractivity contribution is -0.113. The van der Waals surface area contributed by atoms with Crippen molar-refractivity contribution in [3.8, 4) is 5.82 Å². The van der Waals surface area contributed by atoms with Crippen LogP contribution in [0.25, 0.3) is 5.82 Å². The van der Waals surface area contributed by atoms with E-state index in [1.54, 1.807) is 17.1 Å². The lowest BCUT2D eigenvalue weighted by Gasteiger charge is -2.10. The fourth-order valence-corrected chi connectivity index (χ4v) is 3.46. The van der Waals surface area contributed by atoms with Gasteiger partial charge in [-0.15, -0.1) is 0 Å². The number of aryl methyl sites for hydroxylation is 2. The maximum Gasteiger partial charge on any atom is 0.234 e. The molecule has 6 nitrogen and oxygen atoms in total. The van der Waals surface area contributed by atoms with Crippen molar-refractivity contribution in [2.24, 2.45) is 0 Å². The van der Waals surface area contributed by atoms with Gasteiger partial charge in [0.2, 0.25) is 5.91 Å². The third-order valence-electron chi connectivity index (χ3n) is 4.03. The molecule has 0 aliphatic heterocycles. The minimum absolute atomic E-state index is 0.0779. The van der Waals surface area contributed by atoms with Crippen LogP contribution < -0.4 is 5.32 Å². The monoisotopic (exact) mass is 381 g/mol. The number of hydrogen-bond donors (Lipinski definition) is 1. The van der Waals surface area contributed by atoms with E-state index in [0.29, 0.717) is 16.8 Å². The van der Waals surface area contributed by atoms with Gasteiger partial charge >= 0.3 is 0 Å². The summed E-state index contributed by atoms with van der Waals surface area (Å²) in [4.78, 5) is 21.2. The molecule has 27 heavy (non-hydrogen) atoms. The number of rotatable bonds is 6. The second kappa shape index (κ2) is 8.35. The first-order valence-electron chi connectivity index (χ1n) is 8.81. The Balaban J connectivity index is 1.69. The van der Waals surface area contributed by atoms with Crippen LogP contribution in [0.4, 0.5) is 5.69 Å². The molecule has 7 heteroatoms. The van der Waals surface area contributed by atoms with Gasteiger partial charge in [0.15, 0.2) is 5.82 Å². The van der Waals surface area contributed by atoms with E-state index in [9.17, 15) is 4.79 Å². The quantitative estimate of drug-likeness (QED) is 0.650. The van der Waals surface area contributed by atoms with Crippen molar-refractivity contribution in [3.05, 3.63) is 59.7 Å². The number of nitrogens with one attached hydrogen (secondary N) is 1. The Morgan fingerprint density at radius 3 is 2.67 bits per heavy atom. The number of nitrogens with zero attached hydrogens (tertiary/aromatic N) is 4. The first kappa shape index (κ1) is 19.1. The number of benzene rings is 1. The predicted molar refractivity (Wildman–Crippen MR) is 109 cm³/mol. The summed E-state index contributed by atoms with van der Waals surface area (Å²) < 4.78 is 1.76. The van der Waals surface area contributed by atoms with Crippen LogP contribution in [0.2, 0.25) is 0 Å². The van der Waals surface area contributed by atoms with E-state index < -0.39 is 0 Å². The average molecular weight is 382 g/mol. The van der Waals surface area contributed by atoms with Gasteiger partial charge in [-0.05, 0) is 43.5 Å². The predicted octanol–water partition coefficient (Wildman–Crippen LogP) is 4.13. The van der Waals surface area contributed by atoms with E-state index in [2.05, 4.69) is 40.3 Å². The Bertz CT molecular complexity index is 951. The summed E-state index contributed by atoms with van der Waals surface area (Å²) in [5.41, 5.74) is 3.90. The summed E-state index contributed by atoms with van der Waals surface area (Å²) in [6.07, 6.45) is 3.26. The summed E-state index contributed by atoms with van der Waals surface area (Å²) in [5.74, 6) is 1.23. The zero-order valence-electron chi connectivity index (χ0n) is 15.9. The molecule has 0 atom stereocenters. The van der Waals surface area contributed by atoms with Crippen LogP contribution >= 0.6 is 11.8 Å². The third kappa shape index (κ3) is 4.74. The van der Waals surface area contributed by atoms with Crippen molar-refractivity contribution in [2.45, 2.75) is 38.6 Å². The summed E-state index contributed by atoms with van der Waals surface area (Å²) in [6.45, 7) is 8.17. The largest absolute Gasteiger partial charge is 0.325 e. The second-order valence-electron chi connectivity index (χ2n) is 6.64. The highest BCUT2D eigenvalue weighted by atomic mass is 32.2. The highest BCUT2D eigenvalue weighted by molar-refractivity contribution is 8.00. The lowest BCUT2D eigenvalue weighted by Crippen LogP contribution is -2.15. The van der Waals surface area contributed by atoms with Crippen molar-refractivity contribution in [1.82, 2.24) is 19.7 Å². The summed E-state index contributed by atoms with van der Waals surface area (Å²) in [6, 6.07) is 9.92. The van der Waals surface area contributed by atoms with Crippen LogP contribution in [-0.2, 0) is 4.79 Å². The van der Waals surface area contributed by atoms with Gasteiger partial charge in [-0.3, -0.25) is 4.79 Å². The van der Waals surface area contributed by atoms with E-state index in [-0.39, 0.29) is 11.7 Å². The van der Waals surface area contributed by atoms with E-state index in [1.807, 2.05) is 38.1 Å². The maximum absolute atomic E-state index is 12.4. The maximum atomic E-state index is 12.4. The lowest BCUT2D eigenvalue weighted by atomic mass is 10.0. The van der Waals surface area contributed by atoms with Crippen LogP contribution in [-0.4, -0.2) is 31.4 Å². The van der Waals surface area contributed by atoms with Crippen LogP contribution in [0.1, 0.15) is 36.7 Å². The van der Waals surface area contributed by atoms with Gasteiger partial charge in [-0.2, -0.15) is 5.10 Å². The number of aromatic nitrogens is 4. The first-order chi connectivity index (χ1) is 12.9. The molecule has 0 aliphatic carbocycles. The molecule has 0 saturated carbocycles. The zero-order chi connectivity index (χ0) is 19.4. The molecule has 140 valence electrons. The Kier molecular flexibility index (Phi) is 5.91. The molecular weight excluding hydrogens is 358 g/mol. The molecule has 0 saturated heterocycles. The molecule has 1 N–H and O–H groups in total. The molecule has 0 unspecified atom stereocenters. The van der Waals surface area contributed by atoms with Gasteiger partial charge in [0, 0.05) is 23.8 Å². The van der Waals surface area contributed by atoms with E-state index >= 15 is 0 Å². The smallest absolute Gasteiger partial charge is 0.234 e. The molecule has 3 rings (SSSR count). The average Bonchev–Trinajstić information content (AvgIpc) is 2.98. The standard InChI is InChI=1S/C20H23N5OS/c1-13(2)16-6-5-7-17(11-16)23-18(26)12-27-20-19(21-8-9-22-20)25-15(4)10-14(3)24-25/h5-11,13H,12H2,1-4H3,(H,23,26). The van der Waals surface area contributed by atoms with E-state index in [4.69, 9.17) is 0 Å². The Hall–Kier alpha value is -2.67. The second-order valence-corrected chi connectivity index (χ2v) is 7.61. The van der Waals surface area contributed by atoms with Crippen molar-refractivity contribution in [2.75, 3.05) is 11.1 Å². The van der Waals surface area contributed by atoms with E-state index in [1.165, 1.54) is 17.3 Å². The van der Waals surface area contributed by atoms with Crippen LogP contribution in [0.5, 0.6) is 0 Å². The van der Waals surface area contributed by atoms with Gasteiger partial charge in [0.25, 0.3) is 0 Å². The van der Waals surface area contributed by atoms with Crippen LogP contribution in [0.3, 0.4) is 0 Å². The van der Waals surface area contributed by atoms with Gasteiger partial charge < -0.3 is 5.32 Å². The summed E-state index contributed by atoms with van der Waals surface area (Å²) in [7, 11) is 0. The highest BCUT2D eigenvalue weighted by Crippen LogP contribution is 2.23. The Morgan fingerprint density at radius 1 is 1.19 bits per heavy atom. The molecule has 0 fully saturated rings. The Morgan fingerprint density at radius 2 is 1.96 bits per heavy atom. The molecule has 0 spiro atoms. The molecule has 2 aromatic heterocycles. The van der Waals surface area contributed by atoms with Gasteiger partial charge in [0.05, 0.1) is 11.4 Å². The zero-order valence-corrected chi connectivity index (χ0v) is 16.7. The van der Waals surface area contributed by atoms with Crippen LogP contribution in [0, 0.1) is 13.8 Å². The molecule has 3 aromatic rings. The number of carbonyl (C=O) groups excluding carboxylic acids is 1. The first-order valence-corrected chi connectivity index (χ1v) is 9.80. The van der Waals surface area contributed by atoms with Crippen molar-refractivity contribution in [3.63, 3.8) is 0 Å². The minimum atomic E-state index is -0.0779. The molecule has 1 amide bonds. The summed E-state index contributed by atoms with van der Waals surface area (Å²) >= 11 is 1.35. The molecular formula is C20H23N5OS. The minimum Gasteiger partial charge on any atom is -0.325 e. The Labute approximate surface area is 163 Å². The summed E-state index contributed by atoms with van der Waals surface area (Å²) in [5, 5.41) is 8.09. The number of anilines is 1. The van der Waals surface area contributed by atoms with E-state index in [0.717, 1.165) is 17.1 Å². The fraction of sp³-hybridized carbons (Fsp3) is 0.300. The van der Waals surface area contributed by atoms with Crippen molar-refractivity contribution >= 4 is 23.4 Å². The number of carbonyl (C=O) groups is 1. The van der Waals surface area contributed by atoms with Gasteiger partial charge in [0.1, 0.15) is 5.03 Å². The fourth-order valence-electron chi connectivity index (χ4n) is 2.71. The SMILES string of the molecule is Cc1cc(C)n(-c2nccnc2SCC(=O)Nc2cccc(C(C)C)c2)n1. The highest BCUT2D eigenvalue weighted by Gasteiger charge is 2.14. The van der Waals surface area contributed by atoms with Crippen LogP contribution in [0.15, 0.2) is 47.8 Å². The number of hydrogen-bond acceptors (Lipinski definition) is 5. The van der Waals surface area contributed by atoms with Crippen molar-refractivity contribution in [1.29, 1.82) is 0 Å². The molecule has 0 radical (unpaired) electrons. The van der Waals surface area contributed by atoms with Gasteiger partial charge in [-0.1, -0.05) is 37.7 Å². The normalized spacial score (nSPS) is 11.0. The topological polar surface area (TPSA) is 72.7 Å². The van der Waals surface area contributed by atoms with Gasteiger partial charge in [-0.25, -0.2) is 14.6 Å². The number of thioether (sulfide) groups is 1. The molecule has 0 bridgehead atoms. The molecule has 2 heterocycles. The third-order valence-corrected chi connectivity index (χ3v) is 5.00. The molecule has 0 aliphatic rings.